The average molecular weight is 588 g/mol. The zero-order chi connectivity index (χ0) is 31.2. The molecule has 43 heavy (non-hydrogen) atoms. The van der Waals surface area contributed by atoms with Gasteiger partial charge in [-0.2, -0.15) is 0 Å². The fourth-order valence-electron chi connectivity index (χ4n) is 11.4. The summed E-state index contributed by atoms with van der Waals surface area (Å²) < 4.78 is 0. The lowest BCUT2D eigenvalue weighted by Crippen LogP contribution is -2.61. The SMILES string of the molecule is C=C(C)C1CCC2(CNCCC)CCC3(C)C(CCC4C(C)CC=C(c5ccc(C(=O)O)cc5)C(C)(C)CCCC43C)C12. The molecule has 4 aliphatic rings. The first kappa shape index (κ1) is 32.5. The van der Waals surface area contributed by atoms with Crippen molar-refractivity contribution in [3.05, 3.63) is 53.6 Å². The molecule has 8 unspecified atom stereocenters. The Hall–Kier alpha value is -1.87. The van der Waals surface area contributed by atoms with Gasteiger partial charge < -0.3 is 10.4 Å². The van der Waals surface area contributed by atoms with Crippen LogP contribution in [-0.2, 0) is 0 Å². The monoisotopic (exact) mass is 587 g/mol. The second kappa shape index (κ2) is 12.1. The average Bonchev–Trinajstić information content (AvgIpc) is 3.34. The Morgan fingerprint density at radius 1 is 0.953 bits per heavy atom. The number of nitrogens with one attached hydrogen (secondary N) is 1. The van der Waals surface area contributed by atoms with E-state index >= 15 is 0 Å². The molecule has 2 N–H and O–H groups in total. The summed E-state index contributed by atoms with van der Waals surface area (Å²) in [6.07, 6.45) is 16.8. The van der Waals surface area contributed by atoms with Gasteiger partial charge in [0, 0.05) is 6.54 Å². The molecule has 0 bridgehead atoms. The maximum absolute atomic E-state index is 11.5. The summed E-state index contributed by atoms with van der Waals surface area (Å²) in [7, 11) is 0. The van der Waals surface area contributed by atoms with E-state index in [4.69, 9.17) is 0 Å². The van der Waals surface area contributed by atoms with Crippen LogP contribution in [0.3, 0.4) is 0 Å². The summed E-state index contributed by atoms with van der Waals surface area (Å²) in [4.78, 5) is 11.5. The van der Waals surface area contributed by atoms with Crippen LogP contribution in [0.15, 0.2) is 42.5 Å². The molecule has 1 aromatic carbocycles. The fourth-order valence-corrected chi connectivity index (χ4v) is 11.4. The molecule has 8 atom stereocenters. The van der Waals surface area contributed by atoms with Crippen molar-refractivity contribution in [1.29, 1.82) is 0 Å². The van der Waals surface area contributed by atoms with Crippen LogP contribution >= 0.6 is 0 Å². The Kier molecular flexibility index (Phi) is 9.19. The highest BCUT2D eigenvalue weighted by Gasteiger charge is 2.65. The number of hydrogen-bond donors (Lipinski definition) is 2. The molecule has 0 aliphatic heterocycles. The van der Waals surface area contributed by atoms with Crippen molar-refractivity contribution >= 4 is 11.5 Å². The molecule has 3 nitrogen and oxygen atoms in total. The molecular formula is C40H61NO2. The van der Waals surface area contributed by atoms with E-state index in [2.05, 4.69) is 66.4 Å². The molecule has 0 amide bonds. The molecule has 238 valence electrons. The van der Waals surface area contributed by atoms with E-state index in [0.717, 1.165) is 30.7 Å². The van der Waals surface area contributed by atoms with Crippen LogP contribution in [0.2, 0.25) is 0 Å². The number of carboxylic acid groups (broad SMARTS) is 1. The second-order valence-electron chi connectivity index (χ2n) is 16.6. The molecular weight excluding hydrogens is 526 g/mol. The van der Waals surface area contributed by atoms with E-state index in [1.165, 1.54) is 87.5 Å². The van der Waals surface area contributed by atoms with Gasteiger partial charge in [0.2, 0.25) is 0 Å². The maximum atomic E-state index is 11.5. The van der Waals surface area contributed by atoms with Gasteiger partial charge in [-0.3, -0.25) is 0 Å². The van der Waals surface area contributed by atoms with Crippen LogP contribution in [-0.4, -0.2) is 24.2 Å². The molecule has 1 aromatic rings. The summed E-state index contributed by atoms with van der Waals surface area (Å²) in [5.74, 6) is 2.75. The summed E-state index contributed by atoms with van der Waals surface area (Å²) in [6.45, 7) is 24.4. The van der Waals surface area contributed by atoms with Crippen LogP contribution in [0.4, 0.5) is 0 Å². The van der Waals surface area contributed by atoms with E-state index < -0.39 is 5.97 Å². The quantitative estimate of drug-likeness (QED) is 0.246. The van der Waals surface area contributed by atoms with Gasteiger partial charge in [0.25, 0.3) is 0 Å². The van der Waals surface area contributed by atoms with Crippen molar-refractivity contribution in [2.45, 2.75) is 119 Å². The van der Waals surface area contributed by atoms with Crippen molar-refractivity contribution in [2.75, 3.05) is 13.1 Å². The molecule has 0 saturated heterocycles. The number of fused-ring (bicyclic) bond motifs is 5. The van der Waals surface area contributed by atoms with Gasteiger partial charge in [-0.05, 0) is 152 Å². The van der Waals surface area contributed by atoms with Crippen molar-refractivity contribution in [3.8, 4) is 0 Å². The van der Waals surface area contributed by atoms with Crippen molar-refractivity contribution < 1.29 is 9.90 Å². The minimum absolute atomic E-state index is 0.0474. The lowest BCUT2D eigenvalue weighted by Gasteiger charge is -2.67. The third kappa shape index (κ3) is 5.59. The highest BCUT2D eigenvalue weighted by atomic mass is 16.4. The van der Waals surface area contributed by atoms with Gasteiger partial charge in [-0.1, -0.05) is 78.3 Å². The van der Waals surface area contributed by atoms with E-state index in [1.807, 2.05) is 12.1 Å². The van der Waals surface area contributed by atoms with E-state index in [1.54, 1.807) is 12.1 Å². The number of aromatic carboxylic acids is 1. The van der Waals surface area contributed by atoms with Gasteiger partial charge in [0.1, 0.15) is 0 Å². The molecule has 5 rings (SSSR count). The molecule has 4 aliphatic carbocycles. The molecule has 0 aromatic heterocycles. The maximum Gasteiger partial charge on any atom is 0.335 e. The predicted octanol–water partition coefficient (Wildman–Crippen LogP) is 10.4. The van der Waals surface area contributed by atoms with Crippen LogP contribution in [0.25, 0.3) is 5.57 Å². The van der Waals surface area contributed by atoms with Gasteiger partial charge in [-0.15, -0.1) is 0 Å². The minimum Gasteiger partial charge on any atom is -0.478 e. The number of allylic oxidation sites excluding steroid dienone is 3. The van der Waals surface area contributed by atoms with Crippen molar-refractivity contribution in [1.82, 2.24) is 5.32 Å². The van der Waals surface area contributed by atoms with Gasteiger partial charge in [0.15, 0.2) is 0 Å². The smallest absolute Gasteiger partial charge is 0.335 e. The van der Waals surface area contributed by atoms with Crippen LogP contribution in [0.5, 0.6) is 0 Å². The first-order chi connectivity index (χ1) is 20.3. The molecule has 0 heterocycles. The van der Waals surface area contributed by atoms with Crippen LogP contribution < -0.4 is 5.32 Å². The summed E-state index contributed by atoms with van der Waals surface area (Å²) in [5, 5.41) is 13.4. The second-order valence-corrected chi connectivity index (χ2v) is 16.6. The number of benzene rings is 1. The van der Waals surface area contributed by atoms with Crippen LogP contribution in [0.1, 0.15) is 135 Å². The molecule has 3 fully saturated rings. The van der Waals surface area contributed by atoms with Crippen LogP contribution in [0, 0.1) is 51.2 Å². The first-order valence-corrected chi connectivity index (χ1v) is 17.7. The third-order valence-corrected chi connectivity index (χ3v) is 14.0. The largest absolute Gasteiger partial charge is 0.478 e. The van der Waals surface area contributed by atoms with Crippen molar-refractivity contribution in [3.63, 3.8) is 0 Å². The summed E-state index contributed by atoms with van der Waals surface area (Å²) >= 11 is 0. The highest BCUT2D eigenvalue weighted by molar-refractivity contribution is 5.88. The first-order valence-electron chi connectivity index (χ1n) is 17.7. The normalized spacial score (nSPS) is 39.1. The Morgan fingerprint density at radius 3 is 2.28 bits per heavy atom. The standard InChI is InChI=1S/C40H61NO2/c1-9-25-41-26-40-22-19-31(27(2)3)35(40)34-18-17-32-28(4)11-16-33(29-12-14-30(15-13-29)36(42)43)37(5,6)20-10-21-38(32,7)39(34,8)23-24-40/h12-16,28,31-32,34-35,41H,2,9-11,17-26H2,1,3-8H3,(H,42,43). The lowest BCUT2D eigenvalue weighted by atomic mass is 9.38. The van der Waals surface area contributed by atoms with Gasteiger partial charge >= 0.3 is 5.97 Å². The number of hydrogen-bond acceptors (Lipinski definition) is 2. The van der Waals surface area contributed by atoms with E-state index in [-0.39, 0.29) is 5.41 Å². The zero-order valence-corrected chi connectivity index (χ0v) is 28.5. The zero-order valence-electron chi connectivity index (χ0n) is 28.5. The lowest BCUT2D eigenvalue weighted by molar-refractivity contribution is -0.177. The number of carboxylic acids is 1. The van der Waals surface area contributed by atoms with Crippen molar-refractivity contribution in [2.24, 2.45) is 51.2 Å². The Labute approximate surface area is 263 Å². The third-order valence-electron chi connectivity index (χ3n) is 14.0. The highest BCUT2D eigenvalue weighted by Crippen LogP contribution is 2.73. The number of rotatable bonds is 7. The minimum atomic E-state index is -0.855. The molecule has 0 radical (unpaired) electrons. The van der Waals surface area contributed by atoms with Gasteiger partial charge in [0.05, 0.1) is 5.56 Å². The Morgan fingerprint density at radius 2 is 1.63 bits per heavy atom. The number of carbonyl (C=O) groups is 1. The fraction of sp³-hybridized carbons (Fsp3) is 0.725. The predicted molar refractivity (Wildman–Crippen MR) is 181 cm³/mol. The van der Waals surface area contributed by atoms with E-state index in [9.17, 15) is 9.90 Å². The topological polar surface area (TPSA) is 49.3 Å². The van der Waals surface area contributed by atoms with E-state index in [0.29, 0.717) is 33.6 Å². The molecule has 3 heteroatoms. The molecule has 3 saturated carbocycles. The Balaban J connectivity index is 1.47. The molecule has 0 spiro atoms. The summed E-state index contributed by atoms with van der Waals surface area (Å²) in [6, 6.07) is 7.62. The van der Waals surface area contributed by atoms with Gasteiger partial charge in [-0.25, -0.2) is 4.79 Å². The Bertz CT molecular complexity index is 1210. The summed E-state index contributed by atoms with van der Waals surface area (Å²) in [5.41, 5.74) is 5.59.